The molecule has 0 amide bonds. The Morgan fingerprint density at radius 1 is 0.833 bits per heavy atom. The molecule has 1 aliphatic heterocycles. The van der Waals surface area contributed by atoms with E-state index in [1.54, 1.807) is 18.2 Å². The Morgan fingerprint density at radius 2 is 1.54 bits per heavy atom. The van der Waals surface area contributed by atoms with Crippen molar-refractivity contribution in [3.05, 3.63) is 48.0 Å². The molecule has 0 fully saturated rings. The number of hydrogen-bond acceptors (Lipinski definition) is 5. The van der Waals surface area contributed by atoms with Gasteiger partial charge in [0, 0.05) is 11.1 Å². The van der Waals surface area contributed by atoms with Gasteiger partial charge >= 0.3 is 6.18 Å². The van der Waals surface area contributed by atoms with Crippen molar-refractivity contribution >= 4 is 0 Å². The minimum Gasteiger partial charge on any atom is -0.454 e. The summed E-state index contributed by atoms with van der Waals surface area (Å²) in [6.07, 6.45) is -4.43. The fraction of sp³-hybridized carbons (Fsp3) is 0.125. The Morgan fingerprint density at radius 3 is 2.29 bits per heavy atom. The highest BCUT2D eigenvalue weighted by Crippen LogP contribution is 2.36. The molecule has 2 heterocycles. The van der Waals surface area contributed by atoms with Gasteiger partial charge in [0.25, 0.3) is 0 Å². The average molecular weight is 334 g/mol. The number of rotatable bonds is 2. The topological polar surface area (TPSA) is 57.4 Å². The lowest BCUT2D eigenvalue weighted by Crippen LogP contribution is -2.04. The number of ether oxygens (including phenoxy) is 2. The van der Waals surface area contributed by atoms with Crippen molar-refractivity contribution in [3.63, 3.8) is 0 Å². The van der Waals surface area contributed by atoms with Gasteiger partial charge in [-0.2, -0.15) is 13.2 Å². The van der Waals surface area contributed by atoms with Crippen LogP contribution < -0.4 is 9.47 Å². The van der Waals surface area contributed by atoms with Crippen LogP contribution in [0.25, 0.3) is 22.9 Å². The molecular weight excluding hydrogens is 325 g/mol. The largest absolute Gasteiger partial charge is 0.454 e. The SMILES string of the molecule is FC(F)(F)c1cccc(-c2nnc(-c3ccc4c(c3)OCO4)o2)c1. The average Bonchev–Trinajstić information content (AvgIpc) is 3.22. The predicted octanol–water partition coefficient (Wildman–Crippen LogP) is 4.15. The van der Waals surface area contributed by atoms with E-state index in [2.05, 4.69) is 10.2 Å². The summed E-state index contributed by atoms with van der Waals surface area (Å²) in [5.74, 6) is 1.34. The highest BCUT2D eigenvalue weighted by atomic mass is 19.4. The summed E-state index contributed by atoms with van der Waals surface area (Å²) in [6.45, 7) is 0.137. The van der Waals surface area contributed by atoms with Crippen molar-refractivity contribution in [3.8, 4) is 34.4 Å². The summed E-state index contributed by atoms with van der Waals surface area (Å²) in [5, 5.41) is 7.71. The van der Waals surface area contributed by atoms with Crippen LogP contribution in [0.4, 0.5) is 13.2 Å². The van der Waals surface area contributed by atoms with Crippen molar-refractivity contribution in [1.82, 2.24) is 10.2 Å². The van der Waals surface area contributed by atoms with E-state index in [4.69, 9.17) is 13.9 Å². The van der Waals surface area contributed by atoms with Gasteiger partial charge in [-0.25, -0.2) is 0 Å². The molecule has 0 spiro atoms. The molecule has 1 aromatic heterocycles. The van der Waals surface area contributed by atoms with E-state index < -0.39 is 11.7 Å². The molecule has 0 aliphatic carbocycles. The predicted molar refractivity (Wildman–Crippen MR) is 76.3 cm³/mol. The van der Waals surface area contributed by atoms with Crippen LogP contribution in [0, 0.1) is 0 Å². The van der Waals surface area contributed by atoms with E-state index in [-0.39, 0.29) is 24.1 Å². The standard InChI is InChI=1S/C16H9F3N2O3/c17-16(18,19)11-3-1-2-9(6-11)14-20-21-15(24-14)10-4-5-12-13(7-10)23-8-22-12/h1-7H,8H2. The van der Waals surface area contributed by atoms with Gasteiger partial charge in [-0.3, -0.25) is 0 Å². The van der Waals surface area contributed by atoms with E-state index >= 15 is 0 Å². The number of aromatic nitrogens is 2. The third-order valence-electron chi connectivity index (χ3n) is 3.48. The molecule has 0 N–H and O–H groups in total. The van der Waals surface area contributed by atoms with Crippen LogP contribution in [0.2, 0.25) is 0 Å². The molecule has 122 valence electrons. The molecule has 0 unspecified atom stereocenters. The fourth-order valence-electron chi connectivity index (χ4n) is 2.31. The zero-order chi connectivity index (χ0) is 16.7. The number of fused-ring (bicyclic) bond motifs is 1. The first-order chi connectivity index (χ1) is 11.5. The Bertz CT molecular complexity index is 906. The third-order valence-corrected chi connectivity index (χ3v) is 3.48. The molecule has 5 nitrogen and oxygen atoms in total. The normalized spacial score (nSPS) is 13.3. The molecule has 24 heavy (non-hydrogen) atoms. The number of alkyl halides is 3. The molecule has 8 heteroatoms. The van der Waals surface area contributed by atoms with Crippen molar-refractivity contribution in [1.29, 1.82) is 0 Å². The third kappa shape index (κ3) is 2.55. The second-order valence-electron chi connectivity index (χ2n) is 5.06. The van der Waals surface area contributed by atoms with E-state index in [0.717, 1.165) is 12.1 Å². The quantitative estimate of drug-likeness (QED) is 0.704. The molecular formula is C16H9F3N2O3. The zero-order valence-electron chi connectivity index (χ0n) is 12.0. The first kappa shape index (κ1) is 14.6. The van der Waals surface area contributed by atoms with Gasteiger partial charge < -0.3 is 13.9 Å². The molecule has 0 saturated carbocycles. The molecule has 3 aromatic rings. The molecule has 4 rings (SSSR count). The Kier molecular flexibility index (Phi) is 3.19. The highest BCUT2D eigenvalue weighted by molar-refractivity contribution is 5.62. The first-order valence-corrected chi connectivity index (χ1v) is 6.92. The summed E-state index contributed by atoms with van der Waals surface area (Å²) in [5.41, 5.74) is 0.0112. The second-order valence-corrected chi connectivity index (χ2v) is 5.06. The molecule has 1 aliphatic rings. The van der Waals surface area contributed by atoms with Crippen molar-refractivity contribution in [2.45, 2.75) is 6.18 Å². The summed E-state index contributed by atoms with van der Waals surface area (Å²) in [4.78, 5) is 0. The van der Waals surface area contributed by atoms with Gasteiger partial charge in [-0.1, -0.05) is 6.07 Å². The first-order valence-electron chi connectivity index (χ1n) is 6.92. The summed E-state index contributed by atoms with van der Waals surface area (Å²) in [6, 6.07) is 9.80. The monoisotopic (exact) mass is 334 g/mol. The molecule has 0 bridgehead atoms. The number of hydrogen-bond donors (Lipinski definition) is 0. The van der Waals surface area contributed by atoms with Gasteiger partial charge in [0.15, 0.2) is 11.5 Å². The van der Waals surface area contributed by atoms with Crippen molar-refractivity contribution < 1.29 is 27.1 Å². The maximum Gasteiger partial charge on any atom is 0.416 e. The van der Waals surface area contributed by atoms with Crippen LogP contribution in [0.5, 0.6) is 11.5 Å². The maximum absolute atomic E-state index is 12.8. The molecule has 0 radical (unpaired) electrons. The van der Waals surface area contributed by atoms with Gasteiger partial charge in [-0.15, -0.1) is 10.2 Å². The maximum atomic E-state index is 12.8. The lowest BCUT2D eigenvalue weighted by molar-refractivity contribution is -0.137. The van der Waals surface area contributed by atoms with E-state index in [9.17, 15) is 13.2 Å². The Balaban J connectivity index is 1.68. The van der Waals surface area contributed by atoms with E-state index in [1.807, 2.05) is 0 Å². The lowest BCUT2D eigenvalue weighted by atomic mass is 10.1. The van der Waals surface area contributed by atoms with Crippen LogP contribution in [-0.4, -0.2) is 17.0 Å². The summed E-state index contributed by atoms with van der Waals surface area (Å²) in [7, 11) is 0. The summed E-state index contributed by atoms with van der Waals surface area (Å²) < 4.78 is 54.3. The smallest absolute Gasteiger partial charge is 0.416 e. The second kappa shape index (κ2) is 5.26. The van der Waals surface area contributed by atoms with Crippen LogP contribution in [0.1, 0.15) is 5.56 Å². The van der Waals surface area contributed by atoms with Crippen molar-refractivity contribution in [2.24, 2.45) is 0 Å². The highest BCUT2D eigenvalue weighted by Gasteiger charge is 2.31. The lowest BCUT2D eigenvalue weighted by Gasteiger charge is -2.06. The molecule has 0 atom stereocenters. The minimum absolute atomic E-state index is 0.00812. The van der Waals surface area contributed by atoms with Gasteiger partial charge in [0.05, 0.1) is 5.56 Å². The minimum atomic E-state index is -4.43. The fourth-order valence-corrected chi connectivity index (χ4v) is 2.31. The Hall–Kier alpha value is -3.03. The van der Waals surface area contributed by atoms with Crippen LogP contribution >= 0.6 is 0 Å². The number of nitrogens with zero attached hydrogens (tertiary/aromatic N) is 2. The molecule has 0 saturated heterocycles. The van der Waals surface area contributed by atoms with Crippen LogP contribution in [0.3, 0.4) is 0 Å². The molecule has 2 aromatic carbocycles. The van der Waals surface area contributed by atoms with E-state index in [1.165, 1.54) is 12.1 Å². The number of benzene rings is 2. The van der Waals surface area contributed by atoms with Crippen LogP contribution in [0.15, 0.2) is 46.9 Å². The summed E-state index contributed by atoms with van der Waals surface area (Å²) >= 11 is 0. The van der Waals surface area contributed by atoms with Gasteiger partial charge in [0.2, 0.25) is 18.6 Å². The number of halogens is 3. The van der Waals surface area contributed by atoms with Gasteiger partial charge in [0.1, 0.15) is 0 Å². The Labute approximate surface area is 133 Å². The van der Waals surface area contributed by atoms with Crippen LogP contribution in [-0.2, 0) is 6.18 Å². The van der Waals surface area contributed by atoms with E-state index in [0.29, 0.717) is 17.1 Å². The van der Waals surface area contributed by atoms with Gasteiger partial charge in [-0.05, 0) is 36.4 Å². The zero-order valence-corrected chi connectivity index (χ0v) is 12.0. The van der Waals surface area contributed by atoms with Crippen molar-refractivity contribution in [2.75, 3.05) is 6.79 Å².